The highest BCUT2D eigenvalue weighted by atomic mass is 16.8. The van der Waals surface area contributed by atoms with E-state index in [1.165, 1.54) is 38.5 Å². The van der Waals surface area contributed by atoms with Crippen LogP contribution >= 0.6 is 0 Å². The zero-order chi connectivity index (χ0) is 18.6. The molecule has 0 aromatic heterocycles. The van der Waals surface area contributed by atoms with Crippen molar-refractivity contribution in [1.82, 2.24) is 0 Å². The predicted octanol–water partition coefficient (Wildman–Crippen LogP) is 7.11. The minimum absolute atomic E-state index is 0.498. The van der Waals surface area contributed by atoms with Crippen LogP contribution in [0.1, 0.15) is 97.3 Å². The number of allylic oxidation sites excluding steroid dienone is 2. The van der Waals surface area contributed by atoms with Gasteiger partial charge in [-0.1, -0.05) is 44.3 Å². The Kier molecular flexibility index (Phi) is 9.92. The molecule has 1 fully saturated rings. The first kappa shape index (κ1) is 21.8. The van der Waals surface area contributed by atoms with Gasteiger partial charge in [-0.05, 0) is 65.2 Å². The third-order valence-corrected chi connectivity index (χ3v) is 5.61. The molecule has 1 aliphatic heterocycles. The van der Waals surface area contributed by atoms with E-state index in [9.17, 15) is 4.79 Å². The minimum atomic E-state index is -0.504. The van der Waals surface area contributed by atoms with Crippen LogP contribution in [-0.4, -0.2) is 17.4 Å². The average Bonchev–Trinajstić information content (AvgIpc) is 2.79. The smallest absolute Gasteiger partial charge is 0.424 e. The Morgan fingerprint density at radius 3 is 1.56 bits per heavy atom. The SMILES string of the molecule is C=CCCCCCCCCC[C@]1(C)OC(=O)O[C@]1(C)CCCCC=C. The molecule has 0 aromatic carbocycles. The van der Waals surface area contributed by atoms with E-state index in [-0.39, 0.29) is 0 Å². The highest BCUT2D eigenvalue weighted by Crippen LogP contribution is 2.43. The first-order chi connectivity index (χ1) is 12.0. The first-order valence-corrected chi connectivity index (χ1v) is 10.1. The Labute approximate surface area is 154 Å². The summed E-state index contributed by atoms with van der Waals surface area (Å²) in [4.78, 5) is 11.8. The molecule has 144 valence electrons. The van der Waals surface area contributed by atoms with Gasteiger partial charge >= 0.3 is 6.16 Å². The molecule has 2 atom stereocenters. The molecule has 0 aliphatic carbocycles. The van der Waals surface area contributed by atoms with Crippen molar-refractivity contribution in [3.63, 3.8) is 0 Å². The zero-order valence-electron chi connectivity index (χ0n) is 16.5. The summed E-state index contributed by atoms with van der Waals surface area (Å²) in [6.07, 6.45) is 18.1. The van der Waals surface area contributed by atoms with Crippen LogP contribution < -0.4 is 0 Å². The summed E-state index contributed by atoms with van der Waals surface area (Å²) >= 11 is 0. The van der Waals surface area contributed by atoms with Crippen LogP contribution in [0.4, 0.5) is 4.79 Å². The van der Waals surface area contributed by atoms with Gasteiger partial charge in [0.25, 0.3) is 0 Å². The van der Waals surface area contributed by atoms with Crippen molar-refractivity contribution >= 4 is 6.16 Å². The number of ether oxygens (including phenoxy) is 2. The molecule has 3 heteroatoms. The van der Waals surface area contributed by atoms with Crippen LogP contribution in [-0.2, 0) is 9.47 Å². The van der Waals surface area contributed by atoms with Gasteiger partial charge in [-0.2, -0.15) is 0 Å². The van der Waals surface area contributed by atoms with Gasteiger partial charge in [0.05, 0.1) is 0 Å². The summed E-state index contributed by atoms with van der Waals surface area (Å²) in [5.41, 5.74) is -1.00. The Hall–Kier alpha value is -1.25. The Morgan fingerprint density at radius 1 is 0.720 bits per heavy atom. The number of cyclic esters (lactones) is 2. The molecule has 0 saturated carbocycles. The van der Waals surface area contributed by atoms with E-state index in [0.29, 0.717) is 0 Å². The Bertz CT molecular complexity index is 417. The molecule has 0 N–H and O–H groups in total. The fraction of sp³-hybridized carbons (Fsp3) is 0.773. The number of hydrogen-bond donors (Lipinski definition) is 0. The summed E-state index contributed by atoms with van der Waals surface area (Å²) in [7, 11) is 0. The maximum Gasteiger partial charge on any atom is 0.509 e. The lowest BCUT2D eigenvalue weighted by Gasteiger charge is -2.36. The lowest BCUT2D eigenvalue weighted by molar-refractivity contribution is -0.0375. The van der Waals surface area contributed by atoms with Crippen LogP contribution in [0.3, 0.4) is 0 Å². The van der Waals surface area contributed by atoms with Crippen LogP contribution in [0.5, 0.6) is 0 Å². The molecular weight excluding hydrogens is 312 g/mol. The zero-order valence-corrected chi connectivity index (χ0v) is 16.5. The topological polar surface area (TPSA) is 35.5 Å². The van der Waals surface area contributed by atoms with Gasteiger partial charge in [0.2, 0.25) is 0 Å². The summed E-state index contributed by atoms with van der Waals surface area (Å²) in [5.74, 6) is 0. The van der Waals surface area contributed by atoms with Gasteiger partial charge in [-0.15, -0.1) is 13.2 Å². The highest BCUT2D eigenvalue weighted by molar-refractivity contribution is 5.64. The van der Waals surface area contributed by atoms with Gasteiger partial charge < -0.3 is 9.47 Å². The number of hydrogen-bond acceptors (Lipinski definition) is 3. The van der Waals surface area contributed by atoms with Crippen molar-refractivity contribution in [2.45, 2.75) is 109 Å². The van der Waals surface area contributed by atoms with Crippen molar-refractivity contribution in [3.05, 3.63) is 25.3 Å². The molecule has 0 unspecified atom stereocenters. The van der Waals surface area contributed by atoms with E-state index in [1.807, 2.05) is 26.0 Å². The fourth-order valence-corrected chi connectivity index (χ4v) is 3.62. The second-order valence-corrected chi connectivity index (χ2v) is 7.75. The average molecular weight is 351 g/mol. The lowest BCUT2D eigenvalue weighted by Crippen LogP contribution is -2.47. The number of carbonyl (C=O) groups is 1. The van der Waals surface area contributed by atoms with Crippen LogP contribution in [0.15, 0.2) is 25.3 Å². The van der Waals surface area contributed by atoms with E-state index >= 15 is 0 Å². The van der Waals surface area contributed by atoms with Crippen LogP contribution in [0, 0.1) is 0 Å². The second-order valence-electron chi connectivity index (χ2n) is 7.75. The van der Waals surface area contributed by atoms with Crippen LogP contribution in [0.25, 0.3) is 0 Å². The van der Waals surface area contributed by atoms with Gasteiger partial charge in [-0.3, -0.25) is 0 Å². The molecule has 0 amide bonds. The molecule has 0 bridgehead atoms. The third-order valence-electron chi connectivity index (χ3n) is 5.61. The van der Waals surface area contributed by atoms with Gasteiger partial charge in [-0.25, -0.2) is 4.79 Å². The van der Waals surface area contributed by atoms with E-state index < -0.39 is 17.4 Å². The summed E-state index contributed by atoms with van der Waals surface area (Å²) in [5, 5.41) is 0. The normalized spacial score (nSPS) is 25.4. The quantitative estimate of drug-likeness (QED) is 0.179. The van der Waals surface area contributed by atoms with Crippen molar-refractivity contribution in [2.24, 2.45) is 0 Å². The van der Waals surface area contributed by atoms with E-state index in [2.05, 4.69) is 13.2 Å². The predicted molar refractivity (Wildman–Crippen MR) is 105 cm³/mol. The molecule has 25 heavy (non-hydrogen) atoms. The molecule has 1 rings (SSSR count). The van der Waals surface area contributed by atoms with Gasteiger partial charge in [0.1, 0.15) is 0 Å². The largest absolute Gasteiger partial charge is 0.509 e. The molecule has 0 spiro atoms. The highest BCUT2D eigenvalue weighted by Gasteiger charge is 2.56. The van der Waals surface area contributed by atoms with E-state index in [1.54, 1.807) is 0 Å². The van der Waals surface area contributed by atoms with E-state index in [0.717, 1.165) is 44.9 Å². The second kappa shape index (κ2) is 11.4. The molecular formula is C22H38O3. The minimum Gasteiger partial charge on any atom is -0.424 e. The molecule has 1 heterocycles. The lowest BCUT2D eigenvalue weighted by atomic mass is 9.78. The molecule has 1 saturated heterocycles. The van der Waals surface area contributed by atoms with Crippen molar-refractivity contribution in [1.29, 1.82) is 0 Å². The molecule has 0 radical (unpaired) electrons. The first-order valence-electron chi connectivity index (χ1n) is 10.1. The number of unbranched alkanes of at least 4 members (excludes halogenated alkanes) is 9. The molecule has 3 nitrogen and oxygen atoms in total. The van der Waals surface area contributed by atoms with Crippen molar-refractivity contribution in [2.75, 3.05) is 0 Å². The summed E-state index contributed by atoms with van der Waals surface area (Å²) in [6, 6.07) is 0. The fourth-order valence-electron chi connectivity index (χ4n) is 3.62. The Morgan fingerprint density at radius 2 is 1.08 bits per heavy atom. The Balaban J connectivity index is 2.29. The van der Waals surface area contributed by atoms with E-state index in [4.69, 9.17) is 9.47 Å². The summed E-state index contributed by atoms with van der Waals surface area (Å²) in [6.45, 7) is 11.6. The molecule has 1 aliphatic rings. The van der Waals surface area contributed by atoms with Gasteiger partial charge in [0, 0.05) is 0 Å². The number of carbonyl (C=O) groups excluding carboxylic acids is 1. The third kappa shape index (κ3) is 7.25. The monoisotopic (exact) mass is 350 g/mol. The number of rotatable bonds is 15. The van der Waals surface area contributed by atoms with Crippen molar-refractivity contribution in [3.8, 4) is 0 Å². The maximum absolute atomic E-state index is 11.8. The van der Waals surface area contributed by atoms with Crippen molar-refractivity contribution < 1.29 is 14.3 Å². The van der Waals surface area contributed by atoms with Crippen LogP contribution in [0.2, 0.25) is 0 Å². The van der Waals surface area contributed by atoms with Gasteiger partial charge in [0.15, 0.2) is 11.2 Å². The maximum atomic E-state index is 11.8. The molecule has 0 aromatic rings. The standard InChI is InChI=1S/C22H38O3/c1-5-7-9-11-12-13-14-15-17-19-22(4)21(3,24-20(23)25-22)18-16-10-8-6-2/h5-6H,1-2,7-19H2,3-4H3/t21-,22+/m1/s1. The summed E-state index contributed by atoms with van der Waals surface area (Å²) < 4.78 is 11.2.